The molecule has 11 nitrogen and oxygen atoms in total. The molecule has 0 unspecified atom stereocenters. The number of carbonyl (C=O) groups excluding carboxylic acids is 2. The fourth-order valence-electron chi connectivity index (χ4n) is 3.62. The van der Waals surface area contributed by atoms with Crippen LogP contribution < -0.4 is 20.7 Å². The molecule has 2 aromatic carbocycles. The van der Waals surface area contributed by atoms with E-state index in [2.05, 4.69) is 25.9 Å². The van der Waals surface area contributed by atoms with Gasteiger partial charge in [-0.2, -0.15) is 12.7 Å². The van der Waals surface area contributed by atoms with E-state index in [0.717, 1.165) is 24.1 Å². The van der Waals surface area contributed by atoms with E-state index < -0.39 is 16.2 Å². The van der Waals surface area contributed by atoms with Gasteiger partial charge in [-0.15, -0.1) is 0 Å². The predicted octanol–water partition coefficient (Wildman–Crippen LogP) is 2.92. The van der Waals surface area contributed by atoms with Crippen LogP contribution in [0.5, 0.6) is 0 Å². The van der Waals surface area contributed by atoms with E-state index in [0.29, 0.717) is 35.9 Å². The summed E-state index contributed by atoms with van der Waals surface area (Å²) in [5, 5.41) is 8.52. The fraction of sp³-hybridized carbons (Fsp3) is 0.250. The monoisotopic (exact) mass is 509 g/mol. The summed E-state index contributed by atoms with van der Waals surface area (Å²) in [5.41, 5.74) is 3.48. The van der Waals surface area contributed by atoms with Crippen molar-refractivity contribution in [3.8, 4) is 0 Å². The number of amides is 3. The van der Waals surface area contributed by atoms with E-state index in [1.54, 1.807) is 54.9 Å². The van der Waals surface area contributed by atoms with E-state index in [4.69, 9.17) is 0 Å². The molecule has 0 spiro atoms. The van der Waals surface area contributed by atoms with E-state index in [-0.39, 0.29) is 12.5 Å². The molecule has 1 aliphatic heterocycles. The number of aromatic nitrogens is 2. The van der Waals surface area contributed by atoms with Gasteiger partial charge in [0.1, 0.15) is 0 Å². The first-order valence-electron chi connectivity index (χ1n) is 11.4. The lowest BCUT2D eigenvalue weighted by molar-refractivity contribution is 0.102. The molecule has 4 N–H and O–H groups in total. The number of hydrogen-bond donors (Lipinski definition) is 4. The number of carbonyl (C=O) groups is 2. The molecular weight excluding hydrogens is 482 g/mol. The van der Waals surface area contributed by atoms with Gasteiger partial charge in [0.25, 0.3) is 5.91 Å². The summed E-state index contributed by atoms with van der Waals surface area (Å²) in [4.78, 5) is 33.1. The number of hydrogen-bond acceptors (Lipinski definition) is 7. The van der Waals surface area contributed by atoms with Gasteiger partial charge in [-0.1, -0.05) is 18.2 Å². The van der Waals surface area contributed by atoms with Crippen LogP contribution in [0.25, 0.3) is 0 Å². The van der Waals surface area contributed by atoms with E-state index in [9.17, 15) is 18.0 Å². The highest BCUT2D eigenvalue weighted by molar-refractivity contribution is 7.87. The predicted molar refractivity (Wildman–Crippen MR) is 136 cm³/mol. The molecule has 0 radical (unpaired) electrons. The smallest absolute Gasteiger partial charge is 0.329 e. The van der Waals surface area contributed by atoms with Crippen LogP contribution in [-0.4, -0.2) is 47.7 Å². The lowest BCUT2D eigenvalue weighted by atomic mass is 10.1. The van der Waals surface area contributed by atoms with Gasteiger partial charge in [-0.05, 0) is 61.2 Å². The summed E-state index contributed by atoms with van der Waals surface area (Å²) in [6.45, 7) is 2.87. The summed E-state index contributed by atoms with van der Waals surface area (Å²) in [6.07, 6.45) is 4.84. The molecule has 3 amide bonds. The first-order chi connectivity index (χ1) is 17.3. The fourth-order valence-corrected chi connectivity index (χ4v) is 4.80. The van der Waals surface area contributed by atoms with Gasteiger partial charge in [0.05, 0.1) is 0 Å². The number of aryl methyl sites for hydroxylation is 1. The summed E-state index contributed by atoms with van der Waals surface area (Å²) >= 11 is 0. The Bertz CT molecular complexity index is 1330. The number of nitrogens with one attached hydrogen (secondary N) is 4. The Morgan fingerprint density at radius 2 is 1.69 bits per heavy atom. The Kier molecular flexibility index (Phi) is 7.76. The molecule has 3 aromatic rings. The minimum Gasteiger partial charge on any atom is -0.333 e. The molecule has 0 bridgehead atoms. The third kappa shape index (κ3) is 6.55. The molecule has 0 atom stereocenters. The third-order valence-corrected chi connectivity index (χ3v) is 7.09. The molecule has 4 rings (SSSR count). The number of benzene rings is 2. The summed E-state index contributed by atoms with van der Waals surface area (Å²) in [6, 6.07) is 13.1. The lowest BCUT2D eigenvalue weighted by Gasteiger charge is -2.16. The average Bonchev–Trinajstić information content (AvgIpc) is 3.42. The van der Waals surface area contributed by atoms with Crippen molar-refractivity contribution in [3.63, 3.8) is 0 Å². The Labute approximate surface area is 209 Å². The Balaban J connectivity index is 1.31. The summed E-state index contributed by atoms with van der Waals surface area (Å²) in [5.74, 6) is 0.158. The van der Waals surface area contributed by atoms with Gasteiger partial charge in [-0.3, -0.25) is 4.79 Å². The highest BCUT2D eigenvalue weighted by Crippen LogP contribution is 2.23. The van der Waals surface area contributed by atoms with E-state index in [1.165, 1.54) is 4.31 Å². The van der Waals surface area contributed by atoms with E-state index >= 15 is 0 Å². The van der Waals surface area contributed by atoms with Gasteiger partial charge in [-0.25, -0.2) is 19.5 Å². The normalized spacial score (nSPS) is 13.7. The second-order valence-corrected chi connectivity index (χ2v) is 9.94. The second kappa shape index (κ2) is 11.1. The van der Waals surface area contributed by atoms with Gasteiger partial charge in [0.2, 0.25) is 5.95 Å². The highest BCUT2D eigenvalue weighted by atomic mass is 32.2. The van der Waals surface area contributed by atoms with Crippen molar-refractivity contribution >= 4 is 39.5 Å². The Morgan fingerprint density at radius 1 is 1.00 bits per heavy atom. The van der Waals surface area contributed by atoms with Crippen LogP contribution in [0.15, 0.2) is 60.9 Å². The lowest BCUT2D eigenvalue weighted by Crippen LogP contribution is -2.46. The first-order valence-corrected chi connectivity index (χ1v) is 12.8. The maximum atomic E-state index is 12.7. The second-order valence-electron chi connectivity index (χ2n) is 8.27. The summed E-state index contributed by atoms with van der Waals surface area (Å²) in [7, 11) is -3.83. The van der Waals surface area contributed by atoms with Crippen molar-refractivity contribution in [1.29, 1.82) is 0 Å². The number of urea groups is 1. The van der Waals surface area contributed by atoms with Crippen LogP contribution in [0.4, 0.5) is 22.1 Å². The number of anilines is 3. The molecule has 1 aromatic heterocycles. The van der Waals surface area contributed by atoms with Crippen molar-refractivity contribution in [1.82, 2.24) is 24.3 Å². The van der Waals surface area contributed by atoms with Crippen molar-refractivity contribution in [3.05, 3.63) is 77.6 Å². The van der Waals surface area contributed by atoms with Crippen LogP contribution >= 0.6 is 0 Å². The minimum atomic E-state index is -3.83. The molecule has 36 heavy (non-hydrogen) atoms. The maximum absolute atomic E-state index is 12.7. The maximum Gasteiger partial charge on any atom is 0.329 e. The zero-order valence-electron chi connectivity index (χ0n) is 19.7. The van der Waals surface area contributed by atoms with Gasteiger partial charge in [0, 0.05) is 49.0 Å². The highest BCUT2D eigenvalue weighted by Gasteiger charge is 2.26. The number of rotatable bonds is 8. The standard InChI is InChI=1S/C24H27N7O4S/c1-17-5-10-20(15-21(17)29-23-25-11-4-12-26-23)28-22(32)19-8-6-18(7-9-19)16-27-24(33)30-36(34,35)31-13-2-3-14-31/h4-12,15H,2-3,13-14,16H2,1H3,(H,28,32)(H,25,26,29)(H2,27,30,33). The third-order valence-electron chi connectivity index (χ3n) is 5.60. The van der Waals surface area contributed by atoms with Crippen molar-refractivity contribution in [2.24, 2.45) is 0 Å². The van der Waals surface area contributed by atoms with E-state index in [1.807, 2.05) is 17.7 Å². The van der Waals surface area contributed by atoms with Crippen LogP contribution in [0.2, 0.25) is 0 Å². The van der Waals surface area contributed by atoms with Crippen LogP contribution in [0.3, 0.4) is 0 Å². The van der Waals surface area contributed by atoms with Crippen LogP contribution in [0, 0.1) is 6.92 Å². The summed E-state index contributed by atoms with van der Waals surface area (Å²) < 4.78 is 27.6. The molecule has 1 fully saturated rings. The molecule has 1 saturated heterocycles. The van der Waals surface area contributed by atoms with Gasteiger partial charge in [0.15, 0.2) is 0 Å². The molecule has 12 heteroatoms. The first kappa shape index (κ1) is 25.1. The minimum absolute atomic E-state index is 0.109. The van der Waals surface area contributed by atoms with Crippen LogP contribution in [0.1, 0.15) is 34.3 Å². The zero-order valence-corrected chi connectivity index (χ0v) is 20.5. The zero-order chi connectivity index (χ0) is 25.5. The average molecular weight is 510 g/mol. The van der Waals surface area contributed by atoms with Gasteiger partial charge >= 0.3 is 16.2 Å². The quantitative estimate of drug-likeness (QED) is 0.365. The largest absolute Gasteiger partial charge is 0.333 e. The SMILES string of the molecule is Cc1ccc(NC(=O)c2ccc(CNC(=O)NS(=O)(=O)N3CCCC3)cc2)cc1Nc1ncccn1. The number of nitrogens with zero attached hydrogens (tertiary/aromatic N) is 3. The molecule has 1 aliphatic rings. The Hall–Kier alpha value is -4.03. The van der Waals surface area contributed by atoms with Crippen molar-refractivity contribution in [2.75, 3.05) is 23.7 Å². The molecule has 0 saturated carbocycles. The van der Waals surface area contributed by atoms with Gasteiger partial charge < -0.3 is 16.0 Å². The topological polar surface area (TPSA) is 145 Å². The Morgan fingerprint density at radius 3 is 2.39 bits per heavy atom. The molecule has 2 heterocycles. The van der Waals surface area contributed by atoms with Crippen LogP contribution in [-0.2, 0) is 16.8 Å². The molecular formula is C24H27N7O4S. The van der Waals surface area contributed by atoms with Crippen molar-refractivity contribution in [2.45, 2.75) is 26.3 Å². The molecule has 188 valence electrons. The van der Waals surface area contributed by atoms with Crippen molar-refractivity contribution < 1.29 is 18.0 Å². The molecule has 0 aliphatic carbocycles.